The van der Waals surface area contributed by atoms with Gasteiger partial charge in [-0.15, -0.1) is 0 Å². The van der Waals surface area contributed by atoms with Crippen LogP contribution in [-0.2, 0) is 7.05 Å². The minimum absolute atomic E-state index is 0.133. The molecule has 0 atom stereocenters. The quantitative estimate of drug-likeness (QED) is 0.606. The van der Waals surface area contributed by atoms with Crippen molar-refractivity contribution in [3.63, 3.8) is 0 Å². The average molecular weight is 332 g/mol. The highest BCUT2D eigenvalue weighted by molar-refractivity contribution is 6.12. The number of anilines is 1. The van der Waals surface area contributed by atoms with Crippen molar-refractivity contribution in [1.82, 2.24) is 14.1 Å². The molecule has 0 aliphatic heterocycles. The Morgan fingerprint density at radius 1 is 1.12 bits per heavy atom. The lowest BCUT2D eigenvalue weighted by atomic mass is 10.2. The molecule has 3 aromatic heterocycles. The molecule has 5 heteroatoms. The predicted molar refractivity (Wildman–Crippen MR) is 101 cm³/mol. The number of nitrogens with one attached hydrogen (secondary N) is 1. The topological polar surface area (TPSA) is 51.9 Å². The lowest BCUT2D eigenvalue weighted by Crippen LogP contribution is -2.15. The summed E-state index contributed by atoms with van der Waals surface area (Å²) in [5, 5.41) is 4.08. The summed E-state index contributed by atoms with van der Waals surface area (Å²) in [5.74, 6) is -0.133. The maximum Gasteiger partial charge on any atom is 0.272 e. The van der Waals surface area contributed by atoms with Crippen molar-refractivity contribution in [3.05, 3.63) is 60.6 Å². The van der Waals surface area contributed by atoms with Crippen LogP contribution >= 0.6 is 0 Å². The van der Waals surface area contributed by atoms with Gasteiger partial charge in [-0.25, -0.2) is 0 Å². The molecule has 0 bridgehead atoms. The van der Waals surface area contributed by atoms with Crippen LogP contribution in [0.25, 0.3) is 21.9 Å². The third kappa shape index (κ3) is 2.39. The van der Waals surface area contributed by atoms with Crippen molar-refractivity contribution in [3.8, 4) is 0 Å². The zero-order valence-corrected chi connectivity index (χ0v) is 14.5. The molecule has 126 valence electrons. The Morgan fingerprint density at radius 3 is 2.64 bits per heavy atom. The van der Waals surface area contributed by atoms with E-state index in [1.807, 2.05) is 29.8 Å². The van der Waals surface area contributed by atoms with Crippen molar-refractivity contribution in [2.75, 3.05) is 5.32 Å². The number of carbonyl (C=O) groups excluding carboxylic acids is 1. The first-order chi connectivity index (χ1) is 12.1. The number of aromatic nitrogens is 3. The van der Waals surface area contributed by atoms with Gasteiger partial charge >= 0.3 is 0 Å². The Kier molecular flexibility index (Phi) is 3.57. The van der Waals surface area contributed by atoms with Crippen LogP contribution in [0.5, 0.6) is 0 Å². The van der Waals surface area contributed by atoms with Gasteiger partial charge in [0.1, 0.15) is 5.69 Å². The summed E-state index contributed by atoms with van der Waals surface area (Å²) in [6, 6.07) is 14.2. The molecule has 0 unspecified atom stereocenters. The standard InChI is InChI=1S/C20H20N4O/c1-13(2)24-16-9-5-4-8-15(16)19-17(24)11-18(23(19)3)20(25)22-14-7-6-10-21-12-14/h4-13H,1-3H3,(H,22,25). The van der Waals surface area contributed by atoms with Gasteiger partial charge in [0.15, 0.2) is 0 Å². The maximum absolute atomic E-state index is 12.8. The summed E-state index contributed by atoms with van der Waals surface area (Å²) < 4.78 is 4.26. The van der Waals surface area contributed by atoms with Crippen molar-refractivity contribution in [1.29, 1.82) is 0 Å². The zero-order chi connectivity index (χ0) is 17.6. The number of benzene rings is 1. The molecule has 0 saturated carbocycles. The van der Waals surface area contributed by atoms with Crippen LogP contribution in [0.2, 0.25) is 0 Å². The number of hydrogen-bond donors (Lipinski definition) is 1. The van der Waals surface area contributed by atoms with Crippen LogP contribution in [0.4, 0.5) is 5.69 Å². The summed E-state index contributed by atoms with van der Waals surface area (Å²) in [6.45, 7) is 4.32. The number of pyridine rings is 1. The Hall–Kier alpha value is -3.08. The molecule has 0 radical (unpaired) electrons. The molecule has 1 aromatic carbocycles. The predicted octanol–water partition coefficient (Wildman–Crippen LogP) is 4.36. The molecular weight excluding hydrogens is 312 g/mol. The van der Waals surface area contributed by atoms with Crippen molar-refractivity contribution < 1.29 is 4.79 Å². The third-order valence-corrected chi connectivity index (χ3v) is 4.56. The van der Waals surface area contributed by atoms with Gasteiger partial charge in [0.2, 0.25) is 0 Å². The molecule has 0 aliphatic rings. The molecule has 1 amide bonds. The molecule has 4 aromatic rings. The van der Waals surface area contributed by atoms with E-state index in [2.05, 4.69) is 46.9 Å². The number of hydrogen-bond acceptors (Lipinski definition) is 2. The third-order valence-electron chi connectivity index (χ3n) is 4.56. The SMILES string of the molecule is CC(C)n1c2ccccc2c2c1cc(C(=O)Nc1cccnc1)n2C. The van der Waals surface area contributed by atoms with E-state index in [1.165, 1.54) is 5.52 Å². The van der Waals surface area contributed by atoms with Gasteiger partial charge in [-0.1, -0.05) is 18.2 Å². The fraction of sp³-hybridized carbons (Fsp3) is 0.200. The number of amides is 1. The van der Waals surface area contributed by atoms with E-state index in [1.54, 1.807) is 18.5 Å². The van der Waals surface area contributed by atoms with Crippen LogP contribution in [0.3, 0.4) is 0 Å². The second kappa shape index (κ2) is 5.77. The van der Waals surface area contributed by atoms with Gasteiger partial charge in [0, 0.05) is 24.7 Å². The summed E-state index contributed by atoms with van der Waals surface area (Å²) in [4.78, 5) is 16.8. The van der Waals surface area contributed by atoms with Gasteiger partial charge < -0.3 is 14.5 Å². The Morgan fingerprint density at radius 2 is 1.92 bits per heavy atom. The monoisotopic (exact) mass is 332 g/mol. The first-order valence-electron chi connectivity index (χ1n) is 8.37. The molecule has 0 spiro atoms. The molecule has 3 heterocycles. The van der Waals surface area contributed by atoms with E-state index in [4.69, 9.17) is 0 Å². The highest BCUT2D eigenvalue weighted by atomic mass is 16.1. The Bertz CT molecular complexity index is 1070. The molecule has 0 saturated heterocycles. The number of carbonyl (C=O) groups is 1. The van der Waals surface area contributed by atoms with Gasteiger partial charge in [0.25, 0.3) is 5.91 Å². The van der Waals surface area contributed by atoms with Gasteiger partial charge in [-0.2, -0.15) is 0 Å². The van der Waals surface area contributed by atoms with Crippen LogP contribution in [0.15, 0.2) is 54.9 Å². The van der Waals surface area contributed by atoms with E-state index in [-0.39, 0.29) is 5.91 Å². The molecule has 0 aliphatic carbocycles. The molecule has 5 nitrogen and oxygen atoms in total. The Balaban J connectivity index is 1.88. The van der Waals surface area contributed by atoms with Gasteiger partial charge in [-0.05, 0) is 38.1 Å². The van der Waals surface area contributed by atoms with E-state index >= 15 is 0 Å². The molecule has 0 fully saturated rings. The second-order valence-electron chi connectivity index (χ2n) is 6.50. The van der Waals surface area contributed by atoms with E-state index in [0.717, 1.165) is 16.4 Å². The minimum atomic E-state index is -0.133. The van der Waals surface area contributed by atoms with Crippen molar-refractivity contribution in [2.24, 2.45) is 7.05 Å². The molecular formula is C20H20N4O. The first-order valence-corrected chi connectivity index (χ1v) is 8.37. The van der Waals surface area contributed by atoms with Crippen molar-refractivity contribution >= 4 is 33.5 Å². The smallest absolute Gasteiger partial charge is 0.272 e. The van der Waals surface area contributed by atoms with E-state index in [0.29, 0.717) is 17.4 Å². The van der Waals surface area contributed by atoms with Gasteiger partial charge in [-0.3, -0.25) is 9.78 Å². The highest BCUT2D eigenvalue weighted by Crippen LogP contribution is 2.33. The lowest BCUT2D eigenvalue weighted by Gasteiger charge is -2.10. The molecule has 25 heavy (non-hydrogen) atoms. The van der Waals surface area contributed by atoms with Crippen LogP contribution in [0.1, 0.15) is 30.4 Å². The lowest BCUT2D eigenvalue weighted by molar-refractivity contribution is 0.101. The first kappa shape index (κ1) is 15.4. The summed E-state index contributed by atoms with van der Waals surface area (Å²) in [5.41, 5.74) is 4.68. The fourth-order valence-corrected chi connectivity index (χ4v) is 3.51. The number of aryl methyl sites for hydroxylation is 1. The number of para-hydroxylation sites is 1. The number of fused-ring (bicyclic) bond motifs is 3. The second-order valence-corrected chi connectivity index (χ2v) is 6.50. The molecule has 4 rings (SSSR count). The van der Waals surface area contributed by atoms with Gasteiger partial charge in [0.05, 0.1) is 28.4 Å². The van der Waals surface area contributed by atoms with E-state index in [9.17, 15) is 4.79 Å². The van der Waals surface area contributed by atoms with Crippen molar-refractivity contribution in [2.45, 2.75) is 19.9 Å². The average Bonchev–Trinajstić information content (AvgIpc) is 3.10. The minimum Gasteiger partial charge on any atom is -0.338 e. The summed E-state index contributed by atoms with van der Waals surface area (Å²) in [6.07, 6.45) is 3.33. The number of rotatable bonds is 3. The van der Waals surface area contributed by atoms with Crippen LogP contribution in [-0.4, -0.2) is 20.0 Å². The fourth-order valence-electron chi connectivity index (χ4n) is 3.51. The Labute approximate surface area is 145 Å². The molecule has 1 N–H and O–H groups in total. The zero-order valence-electron chi connectivity index (χ0n) is 14.5. The van der Waals surface area contributed by atoms with E-state index < -0.39 is 0 Å². The largest absolute Gasteiger partial charge is 0.338 e. The normalized spacial score (nSPS) is 11.5. The maximum atomic E-state index is 12.8. The van der Waals surface area contributed by atoms with Crippen LogP contribution < -0.4 is 5.32 Å². The van der Waals surface area contributed by atoms with Crippen LogP contribution in [0, 0.1) is 0 Å². The summed E-state index contributed by atoms with van der Waals surface area (Å²) in [7, 11) is 1.94. The number of nitrogens with zero attached hydrogens (tertiary/aromatic N) is 3. The summed E-state index contributed by atoms with van der Waals surface area (Å²) >= 11 is 0. The highest BCUT2D eigenvalue weighted by Gasteiger charge is 2.21.